The molecule has 0 unspecified atom stereocenters. The van der Waals surface area contributed by atoms with Crippen LogP contribution in [0.25, 0.3) is 0 Å². The molecule has 2 N–H and O–H groups in total. The van der Waals surface area contributed by atoms with E-state index in [0.717, 1.165) is 6.42 Å². The Kier molecular flexibility index (Phi) is 5.29. The molecule has 0 aliphatic rings. The van der Waals surface area contributed by atoms with Gasteiger partial charge in [-0.1, -0.05) is 30.1 Å². The van der Waals surface area contributed by atoms with Crippen molar-refractivity contribution in [2.24, 2.45) is 0 Å². The fourth-order valence-electron chi connectivity index (χ4n) is 1.71. The highest BCUT2D eigenvalue weighted by atomic mass is 35.5. The first kappa shape index (κ1) is 15.1. The molecule has 1 aromatic rings. The van der Waals surface area contributed by atoms with E-state index in [1.165, 1.54) is 0 Å². The second kappa shape index (κ2) is 6.30. The molecule has 0 spiro atoms. The van der Waals surface area contributed by atoms with Crippen molar-refractivity contribution in [2.75, 3.05) is 12.3 Å². The number of halogens is 2. The van der Waals surface area contributed by atoms with Crippen molar-refractivity contribution in [1.29, 1.82) is 0 Å². The number of carbonyl (C=O) groups excluding carboxylic acids is 1. The summed E-state index contributed by atoms with van der Waals surface area (Å²) < 4.78 is 0. The number of hydrogen-bond acceptors (Lipinski definition) is 2. The Balaban J connectivity index is 3.09. The number of nitrogen functional groups attached to an aromatic ring is 1. The third-order valence-electron chi connectivity index (χ3n) is 2.67. The molecule has 0 fully saturated rings. The standard InChI is InChI=1S/C13H18Cl2N2O/c1-4-5-17(8(2)3)13(18)9-6-10(14)12(16)11(15)7-9/h6-8H,4-5,16H2,1-3H3. The molecule has 0 heterocycles. The highest BCUT2D eigenvalue weighted by Gasteiger charge is 2.19. The highest BCUT2D eigenvalue weighted by molar-refractivity contribution is 6.39. The van der Waals surface area contributed by atoms with E-state index in [-0.39, 0.29) is 11.9 Å². The third-order valence-corrected chi connectivity index (χ3v) is 3.30. The van der Waals surface area contributed by atoms with Crippen LogP contribution in [0.3, 0.4) is 0 Å². The first-order valence-electron chi connectivity index (χ1n) is 5.94. The molecule has 1 aromatic carbocycles. The lowest BCUT2D eigenvalue weighted by Gasteiger charge is -2.26. The largest absolute Gasteiger partial charge is 0.396 e. The molecule has 0 saturated heterocycles. The summed E-state index contributed by atoms with van der Waals surface area (Å²) in [6.07, 6.45) is 0.903. The first-order chi connectivity index (χ1) is 8.38. The molecule has 1 rings (SSSR count). The number of nitrogens with zero attached hydrogens (tertiary/aromatic N) is 1. The average molecular weight is 289 g/mol. The SMILES string of the molecule is CCCN(C(=O)c1cc(Cl)c(N)c(Cl)c1)C(C)C. The van der Waals surface area contributed by atoms with Crippen molar-refractivity contribution >= 4 is 34.8 Å². The van der Waals surface area contributed by atoms with E-state index in [9.17, 15) is 4.79 Å². The van der Waals surface area contributed by atoms with Gasteiger partial charge in [-0.15, -0.1) is 0 Å². The number of hydrogen-bond donors (Lipinski definition) is 1. The van der Waals surface area contributed by atoms with Gasteiger partial charge in [-0.3, -0.25) is 4.79 Å². The van der Waals surface area contributed by atoms with E-state index < -0.39 is 0 Å². The molecule has 0 aliphatic heterocycles. The number of nitrogens with two attached hydrogens (primary N) is 1. The molecule has 100 valence electrons. The lowest BCUT2D eigenvalue weighted by Crippen LogP contribution is -2.37. The molecule has 0 saturated carbocycles. The van der Waals surface area contributed by atoms with Crippen LogP contribution in [-0.2, 0) is 0 Å². The Bertz CT molecular complexity index is 424. The number of carbonyl (C=O) groups is 1. The van der Waals surface area contributed by atoms with Crippen LogP contribution >= 0.6 is 23.2 Å². The quantitative estimate of drug-likeness (QED) is 0.856. The van der Waals surface area contributed by atoms with E-state index in [1.54, 1.807) is 17.0 Å². The first-order valence-corrected chi connectivity index (χ1v) is 6.69. The number of benzene rings is 1. The molecule has 1 amide bonds. The molecule has 18 heavy (non-hydrogen) atoms. The zero-order chi connectivity index (χ0) is 13.9. The zero-order valence-corrected chi connectivity index (χ0v) is 12.3. The predicted molar refractivity (Wildman–Crippen MR) is 77.3 cm³/mol. The Hall–Kier alpha value is -0.930. The Morgan fingerprint density at radius 3 is 2.22 bits per heavy atom. The minimum Gasteiger partial charge on any atom is -0.396 e. The maximum atomic E-state index is 12.4. The summed E-state index contributed by atoms with van der Waals surface area (Å²) in [6.45, 7) is 6.70. The van der Waals surface area contributed by atoms with Crippen LogP contribution in [0.1, 0.15) is 37.6 Å². The van der Waals surface area contributed by atoms with E-state index >= 15 is 0 Å². The van der Waals surface area contributed by atoms with Gasteiger partial charge in [0, 0.05) is 18.2 Å². The van der Waals surface area contributed by atoms with Crippen molar-refractivity contribution < 1.29 is 4.79 Å². The molecule has 0 aliphatic carbocycles. The molecule has 0 atom stereocenters. The van der Waals surface area contributed by atoms with Crippen molar-refractivity contribution in [1.82, 2.24) is 4.90 Å². The molecule has 0 aromatic heterocycles. The number of anilines is 1. The molecule has 5 heteroatoms. The summed E-state index contributed by atoms with van der Waals surface area (Å²) in [5.74, 6) is -0.0735. The molecule has 0 bridgehead atoms. The van der Waals surface area contributed by atoms with Crippen LogP contribution in [0.5, 0.6) is 0 Å². The van der Waals surface area contributed by atoms with E-state index in [4.69, 9.17) is 28.9 Å². The van der Waals surface area contributed by atoms with Gasteiger partial charge < -0.3 is 10.6 Å². The average Bonchev–Trinajstić information content (AvgIpc) is 2.31. The maximum absolute atomic E-state index is 12.4. The maximum Gasteiger partial charge on any atom is 0.254 e. The highest BCUT2D eigenvalue weighted by Crippen LogP contribution is 2.29. The van der Waals surface area contributed by atoms with Crippen molar-refractivity contribution in [3.05, 3.63) is 27.7 Å². The summed E-state index contributed by atoms with van der Waals surface area (Å²) in [4.78, 5) is 14.1. The van der Waals surface area contributed by atoms with Gasteiger partial charge >= 0.3 is 0 Å². The minimum atomic E-state index is -0.0735. The smallest absolute Gasteiger partial charge is 0.254 e. The van der Waals surface area contributed by atoms with Gasteiger partial charge in [-0.05, 0) is 32.4 Å². The minimum absolute atomic E-state index is 0.0735. The topological polar surface area (TPSA) is 46.3 Å². The van der Waals surface area contributed by atoms with Gasteiger partial charge in [0.25, 0.3) is 5.91 Å². The van der Waals surface area contributed by atoms with Crippen LogP contribution in [0.15, 0.2) is 12.1 Å². The van der Waals surface area contributed by atoms with Gasteiger partial charge in [0.1, 0.15) is 0 Å². The molecular weight excluding hydrogens is 271 g/mol. The Morgan fingerprint density at radius 2 is 1.83 bits per heavy atom. The monoisotopic (exact) mass is 288 g/mol. The molecule has 0 radical (unpaired) electrons. The normalized spacial score (nSPS) is 10.8. The van der Waals surface area contributed by atoms with Gasteiger partial charge in [0.05, 0.1) is 15.7 Å². The summed E-state index contributed by atoms with van der Waals surface area (Å²) >= 11 is 11.9. The van der Waals surface area contributed by atoms with Gasteiger partial charge in [-0.2, -0.15) is 0 Å². The van der Waals surface area contributed by atoms with Crippen LogP contribution in [-0.4, -0.2) is 23.4 Å². The van der Waals surface area contributed by atoms with Crippen molar-refractivity contribution in [3.63, 3.8) is 0 Å². The summed E-state index contributed by atoms with van der Waals surface area (Å²) in [5, 5.41) is 0.622. The number of rotatable bonds is 4. The molecule has 3 nitrogen and oxygen atoms in total. The lowest BCUT2D eigenvalue weighted by molar-refractivity contribution is 0.0706. The zero-order valence-electron chi connectivity index (χ0n) is 10.8. The van der Waals surface area contributed by atoms with Crippen LogP contribution in [0.2, 0.25) is 10.0 Å². The van der Waals surface area contributed by atoms with Crippen molar-refractivity contribution in [2.45, 2.75) is 33.2 Å². The van der Waals surface area contributed by atoms with E-state index in [0.29, 0.717) is 27.8 Å². The second-order valence-electron chi connectivity index (χ2n) is 4.45. The fraction of sp³-hybridized carbons (Fsp3) is 0.462. The fourth-order valence-corrected chi connectivity index (χ4v) is 2.20. The second-order valence-corrected chi connectivity index (χ2v) is 5.26. The van der Waals surface area contributed by atoms with E-state index in [1.807, 2.05) is 20.8 Å². The predicted octanol–water partition coefficient (Wildman–Crippen LogP) is 3.84. The van der Waals surface area contributed by atoms with E-state index in [2.05, 4.69) is 0 Å². The van der Waals surface area contributed by atoms with Crippen LogP contribution < -0.4 is 5.73 Å². The third kappa shape index (κ3) is 3.30. The van der Waals surface area contributed by atoms with Crippen molar-refractivity contribution in [3.8, 4) is 0 Å². The van der Waals surface area contributed by atoms with Gasteiger partial charge in [-0.25, -0.2) is 0 Å². The summed E-state index contributed by atoms with van der Waals surface area (Å²) in [6, 6.07) is 3.26. The summed E-state index contributed by atoms with van der Waals surface area (Å²) in [5.41, 5.74) is 6.44. The Morgan fingerprint density at radius 1 is 1.33 bits per heavy atom. The number of amides is 1. The van der Waals surface area contributed by atoms with Gasteiger partial charge in [0.15, 0.2) is 0 Å². The lowest BCUT2D eigenvalue weighted by atomic mass is 10.1. The Labute approximate surface area is 118 Å². The van der Waals surface area contributed by atoms with Crippen LogP contribution in [0, 0.1) is 0 Å². The summed E-state index contributed by atoms with van der Waals surface area (Å²) in [7, 11) is 0. The van der Waals surface area contributed by atoms with Gasteiger partial charge in [0.2, 0.25) is 0 Å². The van der Waals surface area contributed by atoms with Crippen LogP contribution in [0.4, 0.5) is 5.69 Å². The molecular formula is C13H18Cl2N2O.